The summed E-state index contributed by atoms with van der Waals surface area (Å²) >= 11 is 0. The van der Waals surface area contributed by atoms with E-state index in [1.807, 2.05) is 0 Å². The molecule has 0 saturated heterocycles. The predicted molar refractivity (Wildman–Crippen MR) is 434 cm³/mol. The fraction of sp³-hybridized carbons (Fsp3) is 0.510. The van der Waals surface area contributed by atoms with Crippen LogP contribution >= 0.6 is 0 Å². The molecule has 2 nitrogen and oxygen atoms in total. The zero-order chi connectivity index (χ0) is 72.2. The molecule has 2 heteroatoms. The van der Waals surface area contributed by atoms with Gasteiger partial charge < -0.3 is 9.47 Å². The van der Waals surface area contributed by atoms with E-state index < -0.39 is 10.8 Å². The maximum absolute atomic E-state index is 6.45. The Bertz CT molecular complexity index is 3100. The number of unbranched alkanes of at least 4 members (excludes halogenated alkanes) is 21. The summed E-state index contributed by atoms with van der Waals surface area (Å²) in [7, 11) is 0. The van der Waals surface area contributed by atoms with Crippen LogP contribution in [0.5, 0.6) is 11.5 Å². The first-order valence-electron chi connectivity index (χ1n) is 39.6. The van der Waals surface area contributed by atoms with Crippen LogP contribution < -0.4 is 9.47 Å². The molecule has 0 aromatic heterocycles. The Morgan fingerprint density at radius 2 is 0.260 bits per heavy atom. The summed E-state index contributed by atoms with van der Waals surface area (Å²) in [6.45, 7) is 42.9. The molecular formula is C98H134O2. The van der Waals surface area contributed by atoms with Gasteiger partial charge in [0.15, 0.2) is 0 Å². The van der Waals surface area contributed by atoms with Crippen molar-refractivity contribution in [3.63, 3.8) is 0 Å². The SMILES string of the molecule is CC(C)(C)c1ccc(C(c2ccc(OCCCCCCCCCCCCCCCCCCCCCCCCOc3ccc(C(c4ccc(C(C)(C)C)cc4)(c4ccc(C(C)(C)C)cc4)c4ccc(C(C)(C)C)cc4)cc3)cc2)(c2ccc(C(C)(C)C)cc2)c2ccc(C(C)(C)C)cc2)cc1. The van der Waals surface area contributed by atoms with Gasteiger partial charge in [0, 0.05) is 0 Å². The molecule has 0 spiro atoms. The van der Waals surface area contributed by atoms with Crippen molar-refractivity contribution in [3.05, 3.63) is 272 Å². The number of rotatable bonds is 35. The number of ether oxygens (including phenoxy) is 2. The van der Waals surface area contributed by atoms with Crippen molar-refractivity contribution < 1.29 is 9.47 Å². The first kappa shape index (κ1) is 79.1. The fourth-order valence-corrected chi connectivity index (χ4v) is 15.0. The van der Waals surface area contributed by atoms with Crippen molar-refractivity contribution in [2.24, 2.45) is 0 Å². The predicted octanol–water partition coefficient (Wildman–Crippen LogP) is 28.3. The Kier molecular flexibility index (Phi) is 28.1. The fourth-order valence-electron chi connectivity index (χ4n) is 15.0. The molecular weight excluding hydrogens is 1210 g/mol. The highest BCUT2D eigenvalue weighted by molar-refractivity contribution is 5.63. The molecule has 0 N–H and O–H groups in total. The molecule has 0 heterocycles. The topological polar surface area (TPSA) is 18.5 Å². The van der Waals surface area contributed by atoms with E-state index in [1.165, 1.54) is 206 Å². The van der Waals surface area contributed by atoms with E-state index in [2.05, 4.69) is 319 Å². The van der Waals surface area contributed by atoms with Crippen LogP contribution in [0.1, 0.15) is 344 Å². The zero-order valence-corrected chi connectivity index (χ0v) is 66.3. The molecule has 0 aliphatic rings. The van der Waals surface area contributed by atoms with E-state index in [4.69, 9.17) is 9.47 Å². The quantitative estimate of drug-likeness (QED) is 0.0291. The summed E-state index contributed by atoms with van der Waals surface area (Å²) in [6, 6.07) is 74.8. The average molecular weight is 1340 g/mol. The van der Waals surface area contributed by atoms with E-state index in [9.17, 15) is 0 Å². The summed E-state index contributed by atoms with van der Waals surface area (Å²) in [6.07, 6.45) is 29.5. The Hall–Kier alpha value is -6.64. The molecule has 100 heavy (non-hydrogen) atoms. The summed E-state index contributed by atoms with van der Waals surface area (Å²) < 4.78 is 12.9. The summed E-state index contributed by atoms with van der Waals surface area (Å²) in [5.41, 5.74) is 17.5. The van der Waals surface area contributed by atoms with Crippen LogP contribution in [0, 0.1) is 0 Å². The van der Waals surface area contributed by atoms with Gasteiger partial charge in [-0.05, 0) is 147 Å². The Morgan fingerprint density at radius 1 is 0.150 bits per heavy atom. The van der Waals surface area contributed by atoms with Gasteiger partial charge in [0.2, 0.25) is 0 Å². The van der Waals surface area contributed by atoms with Crippen molar-refractivity contribution in [1.82, 2.24) is 0 Å². The van der Waals surface area contributed by atoms with Crippen molar-refractivity contribution >= 4 is 0 Å². The van der Waals surface area contributed by atoms with Crippen molar-refractivity contribution in [2.45, 2.75) is 309 Å². The van der Waals surface area contributed by atoms with Gasteiger partial charge in [0.1, 0.15) is 11.5 Å². The molecule has 0 unspecified atom stereocenters. The van der Waals surface area contributed by atoms with Crippen LogP contribution in [0.2, 0.25) is 0 Å². The highest BCUT2D eigenvalue weighted by atomic mass is 16.5. The smallest absolute Gasteiger partial charge is 0.119 e. The average Bonchev–Trinajstić information content (AvgIpc) is 0.736. The van der Waals surface area contributed by atoms with Crippen molar-refractivity contribution in [3.8, 4) is 11.5 Å². The van der Waals surface area contributed by atoms with E-state index in [0.717, 1.165) is 37.6 Å². The van der Waals surface area contributed by atoms with Gasteiger partial charge in [-0.3, -0.25) is 0 Å². The van der Waals surface area contributed by atoms with Crippen LogP contribution in [0.4, 0.5) is 0 Å². The Balaban J connectivity index is 0.675. The van der Waals surface area contributed by atoms with Gasteiger partial charge in [0.05, 0.1) is 24.0 Å². The molecule has 0 fully saturated rings. The van der Waals surface area contributed by atoms with E-state index >= 15 is 0 Å². The largest absolute Gasteiger partial charge is 0.494 e. The second-order valence-corrected chi connectivity index (χ2v) is 36.0. The standard InChI is InChI=1S/C98H134O2/c1-91(2,3)75-41-53-81(54-42-75)97(82-55-43-76(44-56-82)92(4,5)6,83-57-45-77(46-58-83)93(7,8)9)87-65-69-89(70-66-87)99-73-39-37-35-33-31-29-27-25-23-21-19-20-22-24-26-28-30-32-34-36-38-40-74-100-90-71-67-88(68-72-90)98(84-59-47-78(48-60-84)94(10,11)12,85-61-49-79(50-62-85)95(13,14)15)86-63-51-80(52-64-86)96(16,17)18/h41-72H,19-40,73-74H2,1-18H3. The lowest BCUT2D eigenvalue weighted by molar-refractivity contribution is 0.304. The molecule has 0 radical (unpaired) electrons. The summed E-state index contributed by atoms with van der Waals surface area (Å²) in [5.74, 6) is 1.90. The lowest BCUT2D eigenvalue weighted by Gasteiger charge is -2.38. The second kappa shape index (κ2) is 35.5. The lowest BCUT2D eigenvalue weighted by atomic mass is 9.64. The van der Waals surface area contributed by atoms with Gasteiger partial charge in [-0.2, -0.15) is 0 Å². The summed E-state index contributed by atoms with van der Waals surface area (Å²) in [5, 5.41) is 0. The van der Waals surface area contributed by atoms with Crippen LogP contribution in [-0.4, -0.2) is 13.2 Å². The zero-order valence-electron chi connectivity index (χ0n) is 66.3. The van der Waals surface area contributed by atoms with Crippen molar-refractivity contribution in [2.75, 3.05) is 13.2 Å². The number of benzene rings is 8. The van der Waals surface area contributed by atoms with E-state index in [-0.39, 0.29) is 32.5 Å². The maximum atomic E-state index is 6.45. The normalized spacial score (nSPS) is 12.9. The maximum Gasteiger partial charge on any atom is 0.119 e. The van der Waals surface area contributed by atoms with E-state index in [1.54, 1.807) is 0 Å². The second-order valence-electron chi connectivity index (χ2n) is 36.0. The molecule has 0 amide bonds. The van der Waals surface area contributed by atoms with E-state index in [0.29, 0.717) is 0 Å². The highest BCUT2D eigenvalue weighted by Gasteiger charge is 2.41. The van der Waals surface area contributed by atoms with Gasteiger partial charge >= 0.3 is 0 Å². The van der Waals surface area contributed by atoms with Gasteiger partial charge in [0.25, 0.3) is 0 Å². The minimum absolute atomic E-state index is 0.0644. The monoisotopic (exact) mass is 1340 g/mol. The van der Waals surface area contributed by atoms with Gasteiger partial charge in [-0.1, -0.05) is 423 Å². The molecule has 8 aromatic carbocycles. The molecule has 538 valence electrons. The molecule has 0 aliphatic carbocycles. The minimum Gasteiger partial charge on any atom is -0.494 e. The van der Waals surface area contributed by atoms with Crippen LogP contribution in [0.3, 0.4) is 0 Å². The molecule has 0 atom stereocenters. The third-order valence-corrected chi connectivity index (χ3v) is 21.8. The highest BCUT2D eigenvalue weighted by Crippen LogP contribution is 2.49. The molecule has 0 saturated carbocycles. The summed E-state index contributed by atoms with van der Waals surface area (Å²) in [4.78, 5) is 0. The third kappa shape index (κ3) is 21.5. The van der Waals surface area contributed by atoms with Gasteiger partial charge in [-0.25, -0.2) is 0 Å². The van der Waals surface area contributed by atoms with Crippen LogP contribution in [-0.2, 0) is 43.3 Å². The van der Waals surface area contributed by atoms with Crippen molar-refractivity contribution in [1.29, 1.82) is 0 Å². The molecule has 8 rings (SSSR count). The molecule has 0 bridgehead atoms. The Labute approximate surface area is 611 Å². The Morgan fingerprint density at radius 3 is 0.390 bits per heavy atom. The first-order valence-corrected chi connectivity index (χ1v) is 39.6. The van der Waals surface area contributed by atoms with Gasteiger partial charge in [-0.15, -0.1) is 0 Å². The first-order chi connectivity index (χ1) is 47.4. The number of hydrogen-bond acceptors (Lipinski definition) is 2. The van der Waals surface area contributed by atoms with Crippen LogP contribution in [0.25, 0.3) is 0 Å². The number of hydrogen-bond donors (Lipinski definition) is 0. The molecule has 0 aliphatic heterocycles. The third-order valence-electron chi connectivity index (χ3n) is 21.8. The van der Waals surface area contributed by atoms with Crippen LogP contribution in [0.15, 0.2) is 194 Å². The lowest BCUT2D eigenvalue weighted by Crippen LogP contribution is -2.31. The molecule has 8 aromatic rings. The minimum atomic E-state index is -0.523.